The van der Waals surface area contributed by atoms with Gasteiger partial charge in [-0.15, -0.1) is 0 Å². The van der Waals surface area contributed by atoms with Crippen LogP contribution in [0.2, 0.25) is 0 Å². The highest BCUT2D eigenvalue weighted by Crippen LogP contribution is 1.64. The predicted molar refractivity (Wildman–Crippen MR) is 30.7 cm³/mol. The first kappa shape index (κ1) is 6.01. The summed E-state index contributed by atoms with van der Waals surface area (Å²) >= 11 is 0. The molecular weight excluding hydrogens is 90.1 g/mol. The van der Waals surface area contributed by atoms with E-state index in [4.69, 9.17) is 10.8 Å². The van der Waals surface area contributed by atoms with Crippen LogP contribution in [0.25, 0.3) is 0 Å². The molecule has 0 bridgehead atoms. The first-order chi connectivity index (χ1) is 3.31. The van der Waals surface area contributed by atoms with E-state index in [1.807, 2.05) is 0 Å². The molecule has 0 aliphatic heterocycles. The van der Waals surface area contributed by atoms with Gasteiger partial charge in [-0.1, -0.05) is 0 Å². The molecule has 0 fully saturated rings. The fourth-order valence-corrected chi connectivity index (χ4v) is 0.139. The molecule has 0 atom stereocenters. The molecule has 2 N–H and O–H groups in total. The maximum absolute atomic E-state index is 6.55. The molecule has 0 amide bonds. The molecule has 0 saturated carbocycles. The molecule has 0 rings (SSSR count). The molecule has 3 nitrogen and oxygen atoms in total. The summed E-state index contributed by atoms with van der Waals surface area (Å²) in [5.74, 6) is 0. The van der Waals surface area contributed by atoms with E-state index in [1.54, 1.807) is 6.92 Å². The van der Waals surface area contributed by atoms with Crippen molar-refractivity contribution in [2.75, 3.05) is 0 Å². The van der Waals surface area contributed by atoms with Crippen molar-refractivity contribution in [1.29, 1.82) is 10.8 Å². The summed E-state index contributed by atoms with van der Waals surface area (Å²) in [5, 5.41) is 13.0. The normalized spacial score (nSPS) is 10.7. The summed E-state index contributed by atoms with van der Waals surface area (Å²) in [5.41, 5.74) is 0.551. The van der Waals surface area contributed by atoms with Crippen molar-refractivity contribution in [2.24, 2.45) is 4.99 Å². The van der Waals surface area contributed by atoms with E-state index in [-0.39, 0.29) is 0 Å². The maximum Gasteiger partial charge on any atom is 0.107 e. The van der Waals surface area contributed by atoms with E-state index in [2.05, 4.69) is 4.99 Å². The van der Waals surface area contributed by atoms with E-state index in [9.17, 15) is 0 Å². The Morgan fingerprint density at radius 1 is 1.57 bits per heavy atom. The Morgan fingerprint density at radius 3 is 2.29 bits per heavy atom. The lowest BCUT2D eigenvalue weighted by atomic mass is 10.5. The Morgan fingerprint density at radius 2 is 2.14 bits per heavy atom. The van der Waals surface area contributed by atoms with Gasteiger partial charge in [0.15, 0.2) is 0 Å². The molecule has 0 aliphatic carbocycles. The molecule has 0 radical (unpaired) electrons. The summed E-state index contributed by atoms with van der Waals surface area (Å²) in [7, 11) is 0. The van der Waals surface area contributed by atoms with Crippen LogP contribution in [0, 0.1) is 10.8 Å². The van der Waals surface area contributed by atoms with Crippen LogP contribution >= 0.6 is 0 Å². The average molecular weight is 97.1 g/mol. The standard InChI is InChI=1S/C4H7N3/c1-4(2-5)7-3-6/h2-3,5-6H,1H3. The minimum Gasteiger partial charge on any atom is -0.307 e. The highest BCUT2D eigenvalue weighted by atomic mass is 14.8. The number of hydrogen-bond acceptors (Lipinski definition) is 2. The number of nitrogens with zero attached hydrogens (tertiary/aromatic N) is 1. The van der Waals surface area contributed by atoms with Crippen LogP contribution in [-0.2, 0) is 0 Å². The molecule has 38 valence electrons. The Hall–Kier alpha value is -0.990. The minimum absolute atomic E-state index is 0.551. The zero-order valence-electron chi connectivity index (χ0n) is 4.10. The Balaban J connectivity index is 3.72. The van der Waals surface area contributed by atoms with Crippen molar-refractivity contribution in [2.45, 2.75) is 6.92 Å². The van der Waals surface area contributed by atoms with E-state index in [0.29, 0.717) is 5.71 Å². The summed E-state index contributed by atoms with van der Waals surface area (Å²) in [6.07, 6.45) is 2.02. The fourth-order valence-electron chi connectivity index (χ4n) is 0.139. The van der Waals surface area contributed by atoms with Crippen LogP contribution in [0.1, 0.15) is 6.92 Å². The molecular formula is C4H7N3. The lowest BCUT2D eigenvalue weighted by Gasteiger charge is -1.77. The Labute approximate surface area is 42.1 Å². The second-order valence-electron chi connectivity index (χ2n) is 1.04. The van der Waals surface area contributed by atoms with E-state index in [1.165, 1.54) is 0 Å². The number of hydrogen-bond donors (Lipinski definition) is 2. The number of nitrogens with one attached hydrogen (secondary N) is 2. The minimum atomic E-state index is 0.551. The van der Waals surface area contributed by atoms with Gasteiger partial charge in [-0.05, 0) is 6.92 Å². The quantitative estimate of drug-likeness (QED) is 0.376. The van der Waals surface area contributed by atoms with Gasteiger partial charge in [-0.2, -0.15) is 0 Å². The summed E-state index contributed by atoms with van der Waals surface area (Å²) < 4.78 is 0. The first-order valence-corrected chi connectivity index (χ1v) is 1.85. The van der Waals surface area contributed by atoms with Crippen molar-refractivity contribution in [1.82, 2.24) is 0 Å². The molecule has 0 aliphatic rings. The molecule has 0 aromatic carbocycles. The molecule has 0 spiro atoms. The van der Waals surface area contributed by atoms with Crippen molar-refractivity contribution in [3.63, 3.8) is 0 Å². The van der Waals surface area contributed by atoms with Crippen LogP contribution in [0.5, 0.6) is 0 Å². The maximum atomic E-state index is 6.55. The van der Waals surface area contributed by atoms with Gasteiger partial charge >= 0.3 is 0 Å². The highest BCUT2D eigenvalue weighted by Gasteiger charge is 1.73. The van der Waals surface area contributed by atoms with Gasteiger partial charge in [0.05, 0.1) is 5.71 Å². The average Bonchev–Trinajstić information content (AvgIpc) is 1.68. The number of rotatable bonds is 2. The van der Waals surface area contributed by atoms with Crippen molar-refractivity contribution in [3.05, 3.63) is 0 Å². The molecule has 0 unspecified atom stereocenters. The molecule has 0 heterocycles. The van der Waals surface area contributed by atoms with Gasteiger partial charge in [-0.25, -0.2) is 4.99 Å². The van der Waals surface area contributed by atoms with Crippen LogP contribution in [0.4, 0.5) is 0 Å². The van der Waals surface area contributed by atoms with Gasteiger partial charge in [-0.3, -0.25) is 5.41 Å². The van der Waals surface area contributed by atoms with Gasteiger partial charge < -0.3 is 5.41 Å². The van der Waals surface area contributed by atoms with Crippen LogP contribution in [0.3, 0.4) is 0 Å². The molecule has 0 saturated heterocycles. The molecule has 0 aromatic heterocycles. The van der Waals surface area contributed by atoms with Crippen LogP contribution in [0.15, 0.2) is 4.99 Å². The third-order valence-electron chi connectivity index (χ3n) is 0.477. The highest BCUT2D eigenvalue weighted by molar-refractivity contribution is 6.29. The number of aliphatic imine (C=N–C) groups is 1. The largest absolute Gasteiger partial charge is 0.307 e. The van der Waals surface area contributed by atoms with Crippen LogP contribution in [-0.4, -0.2) is 18.3 Å². The molecule has 3 heteroatoms. The van der Waals surface area contributed by atoms with E-state index >= 15 is 0 Å². The molecule has 0 aromatic rings. The lowest BCUT2D eigenvalue weighted by Crippen LogP contribution is -1.88. The smallest absolute Gasteiger partial charge is 0.107 e. The Bertz CT molecular complexity index is 104. The summed E-state index contributed by atoms with van der Waals surface area (Å²) in [6.45, 7) is 1.66. The van der Waals surface area contributed by atoms with E-state index < -0.39 is 0 Å². The van der Waals surface area contributed by atoms with Gasteiger partial charge in [0, 0.05) is 6.21 Å². The van der Waals surface area contributed by atoms with Gasteiger partial charge in [0.2, 0.25) is 0 Å². The zero-order valence-corrected chi connectivity index (χ0v) is 4.10. The van der Waals surface area contributed by atoms with Crippen molar-refractivity contribution in [3.8, 4) is 0 Å². The third-order valence-corrected chi connectivity index (χ3v) is 0.477. The second-order valence-corrected chi connectivity index (χ2v) is 1.04. The van der Waals surface area contributed by atoms with Gasteiger partial charge in [0.25, 0.3) is 0 Å². The molecule has 7 heavy (non-hydrogen) atoms. The SMILES string of the molecule is CC(C=N)=NC=N. The van der Waals surface area contributed by atoms with Gasteiger partial charge in [0.1, 0.15) is 6.34 Å². The van der Waals surface area contributed by atoms with Crippen molar-refractivity contribution < 1.29 is 0 Å². The first-order valence-electron chi connectivity index (χ1n) is 1.85. The predicted octanol–water partition coefficient (Wildman–Crippen LogP) is 0.704. The third kappa shape index (κ3) is 2.82. The summed E-state index contributed by atoms with van der Waals surface area (Å²) in [4.78, 5) is 3.46. The topological polar surface area (TPSA) is 60.1 Å². The monoisotopic (exact) mass is 97.1 g/mol. The summed E-state index contributed by atoms with van der Waals surface area (Å²) in [6, 6.07) is 0. The lowest BCUT2D eigenvalue weighted by molar-refractivity contribution is 1.50. The van der Waals surface area contributed by atoms with E-state index in [0.717, 1.165) is 12.6 Å². The zero-order chi connectivity index (χ0) is 5.70. The van der Waals surface area contributed by atoms with Crippen LogP contribution < -0.4 is 0 Å². The fraction of sp³-hybridized carbons (Fsp3) is 0.250. The Kier molecular flexibility index (Phi) is 2.76. The van der Waals surface area contributed by atoms with Crippen molar-refractivity contribution >= 4 is 18.3 Å². The second kappa shape index (κ2) is 3.21.